The number of pyridine rings is 1. The van der Waals surface area contributed by atoms with Gasteiger partial charge >= 0.3 is 6.18 Å². The van der Waals surface area contributed by atoms with Crippen LogP contribution < -0.4 is 0 Å². The van der Waals surface area contributed by atoms with Crippen molar-refractivity contribution < 1.29 is 13.2 Å². The van der Waals surface area contributed by atoms with Gasteiger partial charge in [0.2, 0.25) is 0 Å². The standard InChI is InChI=1S/C10H11Cl2F3N2/c1-17(3-2-10(13,14)15)6-7-5-16-9(12)4-8(7)11/h4-5H,2-3,6H2,1H3. The summed E-state index contributed by atoms with van der Waals surface area (Å²) < 4.78 is 36.0. The van der Waals surface area contributed by atoms with Gasteiger partial charge in [0.15, 0.2) is 0 Å². The van der Waals surface area contributed by atoms with Crippen molar-refractivity contribution in [3.63, 3.8) is 0 Å². The third-order valence-electron chi connectivity index (χ3n) is 2.11. The average Bonchev–Trinajstić information content (AvgIpc) is 2.18. The van der Waals surface area contributed by atoms with Crippen molar-refractivity contribution >= 4 is 23.2 Å². The molecule has 0 saturated heterocycles. The predicted octanol–water partition coefficient (Wildman–Crippen LogP) is 3.77. The molecule has 0 N–H and O–H groups in total. The second-order valence-corrected chi connectivity index (χ2v) is 4.50. The lowest BCUT2D eigenvalue weighted by atomic mass is 10.2. The maximum Gasteiger partial charge on any atom is 0.390 e. The molecule has 0 amide bonds. The number of halogens is 5. The fourth-order valence-electron chi connectivity index (χ4n) is 1.24. The Morgan fingerprint density at radius 2 is 2.00 bits per heavy atom. The van der Waals surface area contributed by atoms with Gasteiger partial charge in [0.25, 0.3) is 0 Å². The van der Waals surface area contributed by atoms with Crippen LogP contribution in [0.5, 0.6) is 0 Å². The van der Waals surface area contributed by atoms with Crippen LogP contribution in [0.4, 0.5) is 13.2 Å². The molecular weight excluding hydrogens is 276 g/mol. The van der Waals surface area contributed by atoms with E-state index >= 15 is 0 Å². The summed E-state index contributed by atoms with van der Waals surface area (Å²) in [5.74, 6) is 0. The number of hydrogen-bond donors (Lipinski definition) is 0. The first-order valence-electron chi connectivity index (χ1n) is 4.83. The maximum atomic E-state index is 12.0. The zero-order chi connectivity index (χ0) is 13.1. The van der Waals surface area contributed by atoms with E-state index in [1.165, 1.54) is 17.2 Å². The Morgan fingerprint density at radius 3 is 2.53 bits per heavy atom. The molecule has 2 nitrogen and oxygen atoms in total. The Balaban J connectivity index is 2.53. The third kappa shape index (κ3) is 5.57. The second-order valence-electron chi connectivity index (χ2n) is 3.70. The van der Waals surface area contributed by atoms with Crippen molar-refractivity contribution in [3.8, 4) is 0 Å². The Morgan fingerprint density at radius 1 is 1.35 bits per heavy atom. The average molecular weight is 287 g/mol. The first-order valence-corrected chi connectivity index (χ1v) is 5.59. The van der Waals surface area contributed by atoms with Crippen LogP contribution in [0.2, 0.25) is 10.2 Å². The molecule has 1 heterocycles. The minimum absolute atomic E-state index is 0.0809. The van der Waals surface area contributed by atoms with E-state index in [0.29, 0.717) is 17.1 Å². The quantitative estimate of drug-likeness (QED) is 0.784. The molecule has 7 heteroatoms. The van der Waals surface area contributed by atoms with Crippen molar-refractivity contribution in [2.45, 2.75) is 19.1 Å². The van der Waals surface area contributed by atoms with E-state index in [1.807, 2.05) is 0 Å². The smallest absolute Gasteiger partial charge is 0.302 e. The summed E-state index contributed by atoms with van der Waals surface area (Å²) in [7, 11) is 1.59. The predicted molar refractivity (Wildman–Crippen MR) is 61.3 cm³/mol. The normalized spacial score (nSPS) is 12.2. The number of aromatic nitrogens is 1. The highest BCUT2D eigenvalue weighted by atomic mass is 35.5. The van der Waals surface area contributed by atoms with Gasteiger partial charge in [-0.1, -0.05) is 23.2 Å². The van der Waals surface area contributed by atoms with Crippen LogP contribution in [0.3, 0.4) is 0 Å². The zero-order valence-electron chi connectivity index (χ0n) is 9.06. The van der Waals surface area contributed by atoms with Crippen LogP contribution >= 0.6 is 23.2 Å². The molecule has 0 bridgehead atoms. The maximum absolute atomic E-state index is 12.0. The van der Waals surface area contributed by atoms with Crippen LogP contribution in [0.25, 0.3) is 0 Å². The summed E-state index contributed by atoms with van der Waals surface area (Å²) in [5.41, 5.74) is 0.653. The highest BCUT2D eigenvalue weighted by molar-refractivity contribution is 6.34. The largest absolute Gasteiger partial charge is 0.390 e. The summed E-state index contributed by atoms with van der Waals surface area (Å²) >= 11 is 11.5. The van der Waals surface area contributed by atoms with Gasteiger partial charge in [-0.2, -0.15) is 13.2 Å². The highest BCUT2D eigenvalue weighted by Gasteiger charge is 2.27. The van der Waals surface area contributed by atoms with Gasteiger partial charge in [0.1, 0.15) is 5.15 Å². The summed E-state index contributed by atoms with van der Waals surface area (Å²) in [6.07, 6.45) is -3.52. The molecule has 0 fully saturated rings. The Kier molecular flexibility index (Phi) is 5.04. The molecular formula is C10H11Cl2F3N2. The van der Waals surface area contributed by atoms with E-state index < -0.39 is 12.6 Å². The lowest BCUT2D eigenvalue weighted by Gasteiger charge is -2.18. The molecule has 0 aromatic carbocycles. The lowest BCUT2D eigenvalue weighted by Crippen LogP contribution is -2.24. The molecule has 0 atom stereocenters. The zero-order valence-corrected chi connectivity index (χ0v) is 10.6. The summed E-state index contributed by atoms with van der Waals surface area (Å²) in [6, 6.07) is 1.47. The Labute approximate surface area is 107 Å². The highest BCUT2D eigenvalue weighted by Crippen LogP contribution is 2.22. The molecule has 96 valence electrons. The van der Waals surface area contributed by atoms with Crippen molar-refractivity contribution in [1.29, 1.82) is 0 Å². The Hall–Kier alpha value is -0.520. The molecule has 1 aromatic rings. The molecule has 0 radical (unpaired) electrons. The fraction of sp³-hybridized carbons (Fsp3) is 0.500. The van der Waals surface area contributed by atoms with E-state index in [4.69, 9.17) is 23.2 Å². The van der Waals surface area contributed by atoms with Crippen molar-refractivity contribution in [2.24, 2.45) is 0 Å². The summed E-state index contributed by atoms with van der Waals surface area (Å²) in [6.45, 7) is 0.224. The molecule has 0 aliphatic carbocycles. The van der Waals surface area contributed by atoms with Crippen LogP contribution in [0, 0.1) is 0 Å². The lowest BCUT2D eigenvalue weighted by molar-refractivity contribution is -0.137. The SMILES string of the molecule is CN(CCC(F)(F)F)Cc1cnc(Cl)cc1Cl. The molecule has 1 rings (SSSR count). The monoisotopic (exact) mass is 286 g/mol. The molecule has 0 aliphatic rings. The van der Waals surface area contributed by atoms with E-state index in [9.17, 15) is 13.2 Å². The number of rotatable bonds is 4. The van der Waals surface area contributed by atoms with E-state index in [1.54, 1.807) is 7.05 Å². The minimum Gasteiger partial charge on any atom is -0.302 e. The summed E-state index contributed by atoms with van der Waals surface area (Å²) in [5, 5.41) is 0.667. The Bertz CT molecular complexity index is 382. The third-order valence-corrected chi connectivity index (χ3v) is 2.67. The number of nitrogens with zero attached hydrogens (tertiary/aromatic N) is 2. The van der Waals surface area contributed by atoms with Crippen LogP contribution in [-0.2, 0) is 6.54 Å². The number of alkyl halides is 3. The van der Waals surface area contributed by atoms with Gasteiger partial charge in [-0.15, -0.1) is 0 Å². The van der Waals surface area contributed by atoms with Gasteiger partial charge in [-0.3, -0.25) is 0 Å². The van der Waals surface area contributed by atoms with Crippen molar-refractivity contribution in [1.82, 2.24) is 9.88 Å². The van der Waals surface area contributed by atoms with Crippen molar-refractivity contribution in [3.05, 3.63) is 28.0 Å². The topological polar surface area (TPSA) is 16.1 Å². The van der Waals surface area contributed by atoms with Gasteiger partial charge < -0.3 is 4.90 Å². The van der Waals surface area contributed by atoms with Crippen LogP contribution in [-0.4, -0.2) is 29.7 Å². The van der Waals surface area contributed by atoms with Gasteiger partial charge in [0.05, 0.1) is 6.42 Å². The van der Waals surface area contributed by atoms with Crippen LogP contribution in [0.1, 0.15) is 12.0 Å². The van der Waals surface area contributed by atoms with Crippen LogP contribution in [0.15, 0.2) is 12.3 Å². The second kappa shape index (κ2) is 5.89. The van der Waals surface area contributed by atoms with E-state index in [2.05, 4.69) is 4.98 Å². The molecule has 0 unspecified atom stereocenters. The molecule has 17 heavy (non-hydrogen) atoms. The molecule has 1 aromatic heterocycles. The minimum atomic E-state index is -4.14. The molecule has 0 saturated carbocycles. The van der Waals surface area contributed by atoms with E-state index in [0.717, 1.165) is 0 Å². The van der Waals surface area contributed by atoms with Gasteiger partial charge in [0, 0.05) is 29.9 Å². The molecule has 0 aliphatic heterocycles. The first kappa shape index (κ1) is 14.5. The fourth-order valence-corrected chi connectivity index (χ4v) is 1.67. The van der Waals surface area contributed by atoms with Gasteiger partial charge in [-0.05, 0) is 13.1 Å². The first-order chi connectivity index (χ1) is 7.78. The summed E-state index contributed by atoms with van der Waals surface area (Å²) in [4.78, 5) is 5.37. The van der Waals surface area contributed by atoms with Gasteiger partial charge in [-0.25, -0.2) is 4.98 Å². The van der Waals surface area contributed by atoms with Crippen molar-refractivity contribution in [2.75, 3.05) is 13.6 Å². The van der Waals surface area contributed by atoms with E-state index in [-0.39, 0.29) is 11.7 Å². The molecule has 0 spiro atoms. The number of hydrogen-bond acceptors (Lipinski definition) is 2.